The van der Waals surface area contributed by atoms with E-state index in [0.29, 0.717) is 5.56 Å². The first-order valence-electron chi connectivity index (χ1n) is 11.5. The van der Waals surface area contributed by atoms with Gasteiger partial charge in [0.15, 0.2) is 0 Å². The summed E-state index contributed by atoms with van der Waals surface area (Å²) in [6.07, 6.45) is 6.79. The summed E-state index contributed by atoms with van der Waals surface area (Å²) >= 11 is 0. The van der Waals surface area contributed by atoms with Crippen molar-refractivity contribution in [2.75, 3.05) is 16.8 Å². The van der Waals surface area contributed by atoms with Gasteiger partial charge in [-0.1, -0.05) is 42.5 Å². The second-order valence-electron chi connectivity index (χ2n) is 8.53. The normalized spacial score (nSPS) is 12.8. The first-order valence-corrected chi connectivity index (χ1v) is 11.5. The number of hydrogen-bond donors (Lipinski definition) is 1. The molecule has 1 aliphatic rings. The highest BCUT2D eigenvalue weighted by molar-refractivity contribution is 6.04. The number of nitrogens with zero attached hydrogens (tertiary/aromatic N) is 2. The largest absolute Gasteiger partial charge is 0.367 e. The third-order valence-electron chi connectivity index (χ3n) is 6.17. The maximum Gasteiger partial charge on any atom is 0.255 e. The minimum atomic E-state index is -0.0910. The SMILES string of the molecule is O=C(Nc1ccc(Cc2ccncc2)cc1)c1ccc(CN2CCCc3ccccc32)cc1. The van der Waals surface area contributed by atoms with E-state index in [-0.39, 0.29) is 5.91 Å². The van der Waals surface area contributed by atoms with Gasteiger partial charge < -0.3 is 10.2 Å². The molecule has 0 radical (unpaired) electrons. The van der Waals surface area contributed by atoms with E-state index in [0.717, 1.165) is 31.6 Å². The number of amides is 1. The van der Waals surface area contributed by atoms with Crippen LogP contribution in [0.25, 0.3) is 0 Å². The first-order chi connectivity index (χ1) is 16.2. The Labute approximate surface area is 194 Å². The van der Waals surface area contributed by atoms with Gasteiger partial charge in [-0.05, 0) is 84.0 Å². The van der Waals surface area contributed by atoms with Gasteiger partial charge in [-0.15, -0.1) is 0 Å². The van der Waals surface area contributed by atoms with Crippen molar-refractivity contribution in [3.8, 4) is 0 Å². The zero-order valence-electron chi connectivity index (χ0n) is 18.6. The van der Waals surface area contributed by atoms with Crippen LogP contribution in [0.5, 0.6) is 0 Å². The third-order valence-corrected chi connectivity index (χ3v) is 6.17. The molecule has 4 aromatic rings. The number of aryl methyl sites for hydroxylation is 1. The second kappa shape index (κ2) is 9.70. The van der Waals surface area contributed by atoms with E-state index >= 15 is 0 Å². The third kappa shape index (κ3) is 5.12. The van der Waals surface area contributed by atoms with Crippen molar-refractivity contribution < 1.29 is 4.79 Å². The van der Waals surface area contributed by atoms with E-state index in [9.17, 15) is 4.79 Å². The summed E-state index contributed by atoms with van der Waals surface area (Å²) in [5, 5.41) is 3.00. The number of carbonyl (C=O) groups is 1. The maximum atomic E-state index is 12.7. The number of carbonyl (C=O) groups excluding carboxylic acids is 1. The lowest BCUT2D eigenvalue weighted by Gasteiger charge is -2.31. The van der Waals surface area contributed by atoms with Gasteiger partial charge in [0.1, 0.15) is 0 Å². The molecule has 0 atom stereocenters. The van der Waals surface area contributed by atoms with Crippen LogP contribution in [0, 0.1) is 0 Å². The molecule has 0 saturated heterocycles. The summed E-state index contributed by atoms with van der Waals surface area (Å²) in [7, 11) is 0. The van der Waals surface area contributed by atoms with Crippen molar-refractivity contribution in [1.29, 1.82) is 0 Å². The smallest absolute Gasteiger partial charge is 0.255 e. The van der Waals surface area contributed by atoms with Crippen molar-refractivity contribution in [3.63, 3.8) is 0 Å². The van der Waals surface area contributed by atoms with Gasteiger partial charge in [0.05, 0.1) is 0 Å². The molecule has 0 aliphatic carbocycles. The molecule has 33 heavy (non-hydrogen) atoms. The van der Waals surface area contributed by atoms with Crippen LogP contribution in [0.3, 0.4) is 0 Å². The van der Waals surface area contributed by atoms with Gasteiger partial charge in [-0.3, -0.25) is 9.78 Å². The standard InChI is InChI=1S/C29H27N3O/c33-29(31-27-13-9-22(10-14-27)20-23-15-17-30-18-16-23)26-11-7-24(8-12-26)21-32-19-3-5-25-4-1-2-6-28(25)32/h1-2,4,6-18H,3,5,19-21H2,(H,31,33). The predicted molar refractivity (Wildman–Crippen MR) is 134 cm³/mol. The van der Waals surface area contributed by atoms with Crippen molar-refractivity contribution in [2.24, 2.45) is 0 Å². The van der Waals surface area contributed by atoms with E-state index in [4.69, 9.17) is 0 Å². The molecule has 3 aromatic carbocycles. The highest BCUT2D eigenvalue weighted by Gasteiger charge is 2.16. The average molecular weight is 434 g/mol. The molecule has 0 bridgehead atoms. The number of aromatic nitrogens is 1. The summed E-state index contributed by atoms with van der Waals surface area (Å²) in [6.45, 7) is 1.92. The molecule has 5 rings (SSSR count). The second-order valence-corrected chi connectivity index (χ2v) is 8.53. The molecule has 4 heteroatoms. The number of rotatable bonds is 6. The number of anilines is 2. The van der Waals surface area contributed by atoms with E-state index in [2.05, 4.69) is 63.7 Å². The Morgan fingerprint density at radius 1 is 0.818 bits per heavy atom. The predicted octanol–water partition coefficient (Wildman–Crippen LogP) is 5.88. The zero-order valence-corrected chi connectivity index (χ0v) is 18.6. The molecule has 0 saturated carbocycles. The Balaban J connectivity index is 1.20. The number of nitrogens with one attached hydrogen (secondary N) is 1. The topological polar surface area (TPSA) is 45.2 Å². The van der Waals surface area contributed by atoms with Crippen LogP contribution in [0.4, 0.5) is 11.4 Å². The lowest BCUT2D eigenvalue weighted by atomic mass is 10.0. The molecule has 0 unspecified atom stereocenters. The highest BCUT2D eigenvalue weighted by atomic mass is 16.1. The Morgan fingerprint density at radius 3 is 2.30 bits per heavy atom. The van der Waals surface area contributed by atoms with Gasteiger partial charge in [0.25, 0.3) is 5.91 Å². The minimum absolute atomic E-state index is 0.0910. The number of fused-ring (bicyclic) bond motifs is 1. The summed E-state index contributed by atoms with van der Waals surface area (Å²) in [5.41, 5.74) is 7.84. The van der Waals surface area contributed by atoms with Crippen LogP contribution in [-0.4, -0.2) is 17.4 Å². The van der Waals surface area contributed by atoms with Gasteiger partial charge >= 0.3 is 0 Å². The zero-order chi connectivity index (χ0) is 22.5. The van der Waals surface area contributed by atoms with E-state index in [1.54, 1.807) is 12.4 Å². The molecular weight excluding hydrogens is 406 g/mol. The molecule has 4 nitrogen and oxygen atoms in total. The molecule has 0 fully saturated rings. The van der Waals surface area contributed by atoms with Crippen LogP contribution >= 0.6 is 0 Å². The number of benzene rings is 3. The average Bonchev–Trinajstić information content (AvgIpc) is 2.86. The summed E-state index contributed by atoms with van der Waals surface area (Å²) in [5.74, 6) is -0.0910. The quantitative estimate of drug-likeness (QED) is 0.413. The molecule has 1 amide bonds. The number of para-hydroxylation sites is 1. The minimum Gasteiger partial charge on any atom is -0.367 e. The van der Waals surface area contributed by atoms with Crippen molar-refractivity contribution >= 4 is 17.3 Å². The van der Waals surface area contributed by atoms with Gasteiger partial charge in [0, 0.05) is 42.4 Å². The first kappa shape index (κ1) is 21.0. The Kier molecular flexibility index (Phi) is 6.16. The molecular formula is C29H27N3O. The fourth-order valence-electron chi connectivity index (χ4n) is 4.40. The molecule has 0 spiro atoms. The Hall–Kier alpha value is -3.92. The lowest BCUT2D eigenvalue weighted by molar-refractivity contribution is 0.102. The molecule has 1 aromatic heterocycles. The van der Waals surface area contributed by atoms with Gasteiger partial charge in [-0.2, -0.15) is 0 Å². The van der Waals surface area contributed by atoms with Crippen LogP contribution in [0.15, 0.2) is 97.3 Å². The monoisotopic (exact) mass is 433 g/mol. The maximum absolute atomic E-state index is 12.7. The van der Waals surface area contributed by atoms with Crippen molar-refractivity contribution in [2.45, 2.75) is 25.8 Å². The number of pyridine rings is 1. The molecule has 2 heterocycles. The molecule has 164 valence electrons. The fourth-order valence-corrected chi connectivity index (χ4v) is 4.40. The molecule has 1 N–H and O–H groups in total. The van der Waals surface area contributed by atoms with Crippen molar-refractivity contribution in [1.82, 2.24) is 4.98 Å². The number of hydrogen-bond acceptors (Lipinski definition) is 3. The summed E-state index contributed by atoms with van der Waals surface area (Å²) in [6, 6.07) is 28.6. The van der Waals surface area contributed by atoms with E-state index in [1.165, 1.54) is 34.4 Å². The summed E-state index contributed by atoms with van der Waals surface area (Å²) < 4.78 is 0. The summed E-state index contributed by atoms with van der Waals surface area (Å²) in [4.78, 5) is 19.2. The van der Waals surface area contributed by atoms with Crippen LogP contribution in [-0.2, 0) is 19.4 Å². The van der Waals surface area contributed by atoms with Gasteiger partial charge in [0.2, 0.25) is 0 Å². The van der Waals surface area contributed by atoms with Crippen LogP contribution in [0.2, 0.25) is 0 Å². The van der Waals surface area contributed by atoms with E-state index < -0.39 is 0 Å². The fraction of sp³-hybridized carbons (Fsp3) is 0.172. The Morgan fingerprint density at radius 2 is 1.52 bits per heavy atom. The van der Waals surface area contributed by atoms with Crippen molar-refractivity contribution in [3.05, 3.63) is 125 Å². The lowest BCUT2D eigenvalue weighted by Crippen LogP contribution is -2.28. The molecule has 1 aliphatic heterocycles. The van der Waals surface area contributed by atoms with E-state index in [1.807, 2.05) is 36.4 Å². The highest BCUT2D eigenvalue weighted by Crippen LogP contribution is 2.28. The van der Waals surface area contributed by atoms with Crippen LogP contribution < -0.4 is 10.2 Å². The van der Waals surface area contributed by atoms with Gasteiger partial charge in [-0.25, -0.2) is 0 Å². The van der Waals surface area contributed by atoms with Crippen LogP contribution in [0.1, 0.15) is 39.0 Å². The Bertz CT molecular complexity index is 1220.